The zero-order valence-electron chi connectivity index (χ0n) is 11.7. The fourth-order valence-electron chi connectivity index (χ4n) is 3.18. The summed E-state index contributed by atoms with van der Waals surface area (Å²) in [5, 5.41) is 3.38. The first-order chi connectivity index (χ1) is 10.1. The Bertz CT molecular complexity index is 672. The molecule has 4 heteroatoms. The van der Waals surface area contributed by atoms with Crippen LogP contribution in [0.5, 0.6) is 0 Å². The molecule has 1 aliphatic carbocycles. The van der Waals surface area contributed by atoms with E-state index in [1.807, 2.05) is 13.1 Å². The number of rotatable bonds is 2. The summed E-state index contributed by atoms with van der Waals surface area (Å²) in [6, 6.07) is 9.90. The molecule has 110 valence electrons. The van der Waals surface area contributed by atoms with Crippen LogP contribution in [0, 0.1) is 11.6 Å². The number of hydrogen-bond acceptors (Lipinski definition) is 1. The first-order valence-corrected chi connectivity index (χ1v) is 7.39. The van der Waals surface area contributed by atoms with Gasteiger partial charge in [-0.25, -0.2) is 8.78 Å². The second-order valence-corrected chi connectivity index (χ2v) is 5.83. The quantitative estimate of drug-likeness (QED) is 0.840. The van der Waals surface area contributed by atoms with Crippen LogP contribution in [-0.2, 0) is 0 Å². The normalized spacial score (nSPS) is 21.1. The minimum atomic E-state index is -0.427. The number of benzene rings is 2. The Kier molecular flexibility index (Phi) is 3.96. The van der Waals surface area contributed by atoms with Gasteiger partial charge >= 0.3 is 0 Å². The van der Waals surface area contributed by atoms with E-state index < -0.39 is 5.82 Å². The average molecular weight is 308 g/mol. The van der Waals surface area contributed by atoms with Crippen LogP contribution in [0.25, 0.3) is 0 Å². The van der Waals surface area contributed by atoms with Gasteiger partial charge in [-0.2, -0.15) is 0 Å². The van der Waals surface area contributed by atoms with Gasteiger partial charge in [0.05, 0.1) is 5.02 Å². The van der Waals surface area contributed by atoms with Crippen molar-refractivity contribution < 1.29 is 8.78 Å². The van der Waals surface area contributed by atoms with Gasteiger partial charge in [0.15, 0.2) is 0 Å². The lowest BCUT2D eigenvalue weighted by molar-refractivity contribution is 0.467. The van der Waals surface area contributed by atoms with E-state index in [1.54, 1.807) is 18.2 Å². The molecule has 0 spiro atoms. The minimum Gasteiger partial charge on any atom is -0.313 e. The Morgan fingerprint density at radius 1 is 1.05 bits per heavy atom. The van der Waals surface area contributed by atoms with Crippen LogP contribution >= 0.6 is 11.6 Å². The summed E-state index contributed by atoms with van der Waals surface area (Å²) in [4.78, 5) is 0. The topological polar surface area (TPSA) is 12.0 Å². The Balaban J connectivity index is 2.08. The fourth-order valence-corrected chi connectivity index (χ4v) is 3.37. The lowest BCUT2D eigenvalue weighted by Gasteiger charge is -2.32. The molecule has 1 N–H and O–H groups in total. The Hall–Kier alpha value is -1.45. The van der Waals surface area contributed by atoms with E-state index in [4.69, 9.17) is 11.6 Å². The zero-order valence-corrected chi connectivity index (χ0v) is 12.4. The molecule has 0 heterocycles. The van der Waals surface area contributed by atoms with Crippen molar-refractivity contribution in [3.8, 4) is 0 Å². The van der Waals surface area contributed by atoms with Gasteiger partial charge in [-0.3, -0.25) is 0 Å². The molecule has 0 saturated heterocycles. The lowest BCUT2D eigenvalue weighted by atomic mass is 9.76. The molecule has 2 atom stereocenters. The summed E-state index contributed by atoms with van der Waals surface area (Å²) in [5.74, 6) is -0.620. The number of nitrogens with one attached hydrogen (secondary N) is 1. The number of hydrogen-bond donors (Lipinski definition) is 1. The molecule has 0 fully saturated rings. The van der Waals surface area contributed by atoms with Crippen LogP contribution in [0.15, 0.2) is 36.4 Å². The van der Waals surface area contributed by atoms with E-state index in [0.29, 0.717) is 0 Å². The SMILES string of the molecule is CNC1CCC(c2ccc(F)c(Cl)c2)c2cc(F)ccc21. The predicted molar refractivity (Wildman–Crippen MR) is 80.7 cm³/mol. The van der Waals surface area contributed by atoms with Crippen molar-refractivity contribution in [1.29, 1.82) is 0 Å². The molecular formula is C17H16ClF2N. The maximum absolute atomic E-state index is 13.7. The van der Waals surface area contributed by atoms with Crippen molar-refractivity contribution in [2.45, 2.75) is 24.8 Å². The van der Waals surface area contributed by atoms with E-state index >= 15 is 0 Å². The molecule has 0 aromatic heterocycles. The van der Waals surface area contributed by atoms with Crippen molar-refractivity contribution in [2.24, 2.45) is 0 Å². The molecule has 1 nitrogen and oxygen atoms in total. The minimum absolute atomic E-state index is 0.0541. The van der Waals surface area contributed by atoms with E-state index in [9.17, 15) is 8.78 Å². The van der Waals surface area contributed by atoms with E-state index in [1.165, 1.54) is 12.1 Å². The summed E-state index contributed by atoms with van der Waals surface area (Å²) in [5.41, 5.74) is 3.00. The van der Waals surface area contributed by atoms with Crippen LogP contribution in [0.2, 0.25) is 5.02 Å². The van der Waals surface area contributed by atoms with Gasteiger partial charge in [-0.05, 0) is 60.8 Å². The summed E-state index contributed by atoms with van der Waals surface area (Å²) in [6.45, 7) is 0. The maximum Gasteiger partial charge on any atom is 0.141 e. The van der Waals surface area contributed by atoms with Crippen LogP contribution in [0.3, 0.4) is 0 Å². The van der Waals surface area contributed by atoms with Crippen molar-refractivity contribution in [2.75, 3.05) is 7.05 Å². The molecule has 2 aromatic rings. The van der Waals surface area contributed by atoms with Crippen LogP contribution < -0.4 is 5.32 Å². The first-order valence-electron chi connectivity index (χ1n) is 7.01. The summed E-state index contributed by atoms with van der Waals surface area (Å²) >= 11 is 5.89. The third-order valence-electron chi connectivity index (χ3n) is 4.24. The second kappa shape index (κ2) is 5.74. The number of halogens is 3. The standard InChI is InChI=1S/C17H16ClF2N/c1-21-17-7-5-12(10-2-6-16(20)15(18)8-10)14-9-11(19)3-4-13(14)17/h2-4,6,8-9,12,17,21H,5,7H2,1H3. The monoisotopic (exact) mass is 307 g/mol. The molecule has 0 saturated carbocycles. The molecule has 0 radical (unpaired) electrons. The molecule has 2 aromatic carbocycles. The molecule has 0 amide bonds. The summed E-state index contributed by atoms with van der Waals surface area (Å²) < 4.78 is 27.0. The van der Waals surface area contributed by atoms with E-state index in [0.717, 1.165) is 29.5 Å². The van der Waals surface area contributed by atoms with Crippen LogP contribution in [0.1, 0.15) is 41.5 Å². The lowest BCUT2D eigenvalue weighted by Crippen LogP contribution is -2.24. The highest BCUT2D eigenvalue weighted by atomic mass is 35.5. The highest BCUT2D eigenvalue weighted by Gasteiger charge is 2.28. The molecule has 3 rings (SSSR count). The van der Waals surface area contributed by atoms with Gasteiger partial charge in [0, 0.05) is 12.0 Å². The number of fused-ring (bicyclic) bond motifs is 1. The van der Waals surface area contributed by atoms with Crippen LogP contribution in [-0.4, -0.2) is 7.05 Å². The van der Waals surface area contributed by atoms with Crippen molar-refractivity contribution >= 4 is 11.6 Å². The highest BCUT2D eigenvalue weighted by molar-refractivity contribution is 6.30. The Labute approximate surface area is 127 Å². The Morgan fingerprint density at radius 3 is 2.57 bits per heavy atom. The van der Waals surface area contributed by atoms with Gasteiger partial charge in [0.2, 0.25) is 0 Å². The second-order valence-electron chi connectivity index (χ2n) is 5.42. The third-order valence-corrected chi connectivity index (χ3v) is 4.53. The van der Waals surface area contributed by atoms with E-state index in [2.05, 4.69) is 5.32 Å². The Morgan fingerprint density at radius 2 is 1.86 bits per heavy atom. The molecule has 0 aliphatic heterocycles. The third kappa shape index (κ3) is 2.68. The zero-order chi connectivity index (χ0) is 15.0. The smallest absolute Gasteiger partial charge is 0.141 e. The van der Waals surface area contributed by atoms with Gasteiger partial charge in [-0.15, -0.1) is 0 Å². The van der Waals surface area contributed by atoms with Crippen molar-refractivity contribution in [3.63, 3.8) is 0 Å². The summed E-state index contributed by atoms with van der Waals surface area (Å²) in [7, 11) is 1.91. The van der Waals surface area contributed by atoms with Gasteiger partial charge < -0.3 is 5.32 Å². The molecule has 1 aliphatic rings. The fraction of sp³-hybridized carbons (Fsp3) is 0.294. The maximum atomic E-state index is 13.7. The highest BCUT2D eigenvalue weighted by Crippen LogP contribution is 2.42. The molecule has 21 heavy (non-hydrogen) atoms. The average Bonchev–Trinajstić information content (AvgIpc) is 2.49. The van der Waals surface area contributed by atoms with E-state index in [-0.39, 0.29) is 22.8 Å². The first kappa shape index (κ1) is 14.5. The molecule has 2 unspecified atom stereocenters. The summed E-state index contributed by atoms with van der Waals surface area (Å²) in [6.07, 6.45) is 1.83. The van der Waals surface area contributed by atoms with Gasteiger partial charge in [0.25, 0.3) is 0 Å². The van der Waals surface area contributed by atoms with Gasteiger partial charge in [0.1, 0.15) is 11.6 Å². The predicted octanol–water partition coefficient (Wildman–Crippen LogP) is 4.80. The van der Waals surface area contributed by atoms with Crippen molar-refractivity contribution in [1.82, 2.24) is 5.32 Å². The molecule has 0 bridgehead atoms. The van der Waals surface area contributed by atoms with Crippen LogP contribution in [0.4, 0.5) is 8.78 Å². The van der Waals surface area contributed by atoms with Crippen molar-refractivity contribution in [3.05, 3.63) is 69.7 Å². The molecular weight excluding hydrogens is 292 g/mol. The van der Waals surface area contributed by atoms with Gasteiger partial charge in [-0.1, -0.05) is 23.7 Å². The largest absolute Gasteiger partial charge is 0.313 e.